The van der Waals surface area contributed by atoms with Crippen molar-refractivity contribution in [3.63, 3.8) is 0 Å². The van der Waals surface area contributed by atoms with Gasteiger partial charge in [-0.15, -0.1) is 0 Å². The molecular weight excluding hydrogens is 216 g/mol. The normalized spacial score (nSPS) is 24.3. The lowest BCUT2D eigenvalue weighted by atomic mass is 9.86. The third-order valence-electron chi connectivity index (χ3n) is 3.47. The number of hydrogen-bond acceptors (Lipinski definition) is 2. The second kappa shape index (κ2) is 5.17. The Morgan fingerprint density at radius 1 is 1.41 bits per heavy atom. The van der Waals surface area contributed by atoms with Crippen molar-refractivity contribution < 1.29 is 4.79 Å². The van der Waals surface area contributed by atoms with Crippen molar-refractivity contribution in [2.24, 2.45) is 5.92 Å². The average molecular weight is 234 g/mol. The molecule has 0 bridgehead atoms. The summed E-state index contributed by atoms with van der Waals surface area (Å²) >= 11 is 0. The fourth-order valence-electron chi connectivity index (χ4n) is 2.37. The van der Waals surface area contributed by atoms with Gasteiger partial charge in [-0.1, -0.05) is 19.8 Å². The van der Waals surface area contributed by atoms with E-state index in [0.29, 0.717) is 11.5 Å². The molecule has 1 aliphatic carbocycles. The van der Waals surface area contributed by atoms with E-state index in [2.05, 4.69) is 17.2 Å². The first kappa shape index (κ1) is 11.9. The van der Waals surface area contributed by atoms with E-state index in [9.17, 15) is 9.59 Å². The maximum atomic E-state index is 11.9. The molecule has 1 heterocycles. The predicted octanol–water partition coefficient (Wildman–Crippen LogP) is 1.68. The molecule has 0 saturated heterocycles. The van der Waals surface area contributed by atoms with Gasteiger partial charge in [0.15, 0.2) is 0 Å². The molecular formula is C13H18N2O2. The van der Waals surface area contributed by atoms with Crippen molar-refractivity contribution >= 4 is 5.91 Å². The van der Waals surface area contributed by atoms with Gasteiger partial charge in [-0.2, -0.15) is 0 Å². The Hall–Kier alpha value is -1.58. The third kappa shape index (κ3) is 2.96. The number of hydrogen-bond donors (Lipinski definition) is 2. The molecule has 2 N–H and O–H groups in total. The molecule has 4 heteroatoms. The molecule has 2 unspecified atom stereocenters. The van der Waals surface area contributed by atoms with Crippen molar-refractivity contribution in [1.82, 2.24) is 10.3 Å². The number of carbonyl (C=O) groups excluding carboxylic acids is 1. The summed E-state index contributed by atoms with van der Waals surface area (Å²) in [7, 11) is 0. The minimum absolute atomic E-state index is 0.144. The summed E-state index contributed by atoms with van der Waals surface area (Å²) in [6.07, 6.45) is 6.13. The van der Waals surface area contributed by atoms with Gasteiger partial charge in [-0.05, 0) is 24.8 Å². The second-order valence-electron chi connectivity index (χ2n) is 4.78. The summed E-state index contributed by atoms with van der Waals surface area (Å²) in [6.45, 7) is 2.17. The van der Waals surface area contributed by atoms with E-state index in [0.717, 1.165) is 6.42 Å². The van der Waals surface area contributed by atoms with Gasteiger partial charge in [-0.25, -0.2) is 0 Å². The number of nitrogens with one attached hydrogen (secondary N) is 2. The van der Waals surface area contributed by atoms with Crippen LogP contribution in [0, 0.1) is 5.92 Å². The first-order valence-corrected chi connectivity index (χ1v) is 6.16. The Balaban J connectivity index is 2.03. The Morgan fingerprint density at radius 3 is 2.88 bits per heavy atom. The number of carbonyl (C=O) groups is 1. The van der Waals surface area contributed by atoms with Gasteiger partial charge >= 0.3 is 0 Å². The first-order chi connectivity index (χ1) is 8.16. The largest absolute Gasteiger partial charge is 0.349 e. The molecule has 1 saturated carbocycles. The summed E-state index contributed by atoms with van der Waals surface area (Å²) in [4.78, 5) is 25.6. The minimum Gasteiger partial charge on any atom is -0.349 e. The van der Waals surface area contributed by atoms with Crippen LogP contribution in [0.3, 0.4) is 0 Å². The Labute approximate surface area is 100 Å². The van der Waals surface area contributed by atoms with E-state index in [1.165, 1.54) is 31.5 Å². The van der Waals surface area contributed by atoms with Crippen LogP contribution in [-0.2, 0) is 0 Å². The summed E-state index contributed by atoms with van der Waals surface area (Å²) in [6, 6.07) is 3.21. The van der Waals surface area contributed by atoms with Gasteiger partial charge in [0, 0.05) is 23.9 Å². The highest BCUT2D eigenvalue weighted by atomic mass is 16.2. The zero-order chi connectivity index (χ0) is 12.3. The topological polar surface area (TPSA) is 62.0 Å². The van der Waals surface area contributed by atoms with Crippen LogP contribution < -0.4 is 10.9 Å². The lowest BCUT2D eigenvalue weighted by molar-refractivity contribution is 0.0910. The molecule has 1 fully saturated rings. The lowest BCUT2D eigenvalue weighted by Crippen LogP contribution is -2.41. The SMILES string of the molecule is CC1CCCCC1NC(=O)c1cc[nH]c(=O)c1. The van der Waals surface area contributed by atoms with E-state index in [1.807, 2.05) is 0 Å². The first-order valence-electron chi connectivity index (χ1n) is 6.16. The van der Waals surface area contributed by atoms with Crippen molar-refractivity contribution in [3.8, 4) is 0 Å². The Morgan fingerprint density at radius 2 is 2.18 bits per heavy atom. The monoisotopic (exact) mass is 234 g/mol. The summed E-state index contributed by atoms with van der Waals surface area (Å²) in [5.41, 5.74) is 0.195. The minimum atomic E-state index is -0.241. The molecule has 92 valence electrons. The van der Waals surface area contributed by atoms with Crippen molar-refractivity contribution in [1.29, 1.82) is 0 Å². The van der Waals surface area contributed by atoms with Crippen molar-refractivity contribution in [2.45, 2.75) is 38.6 Å². The van der Waals surface area contributed by atoms with E-state index in [4.69, 9.17) is 0 Å². The molecule has 0 radical (unpaired) electrons. The van der Waals surface area contributed by atoms with Gasteiger partial charge in [0.1, 0.15) is 0 Å². The van der Waals surface area contributed by atoms with Crippen LogP contribution >= 0.6 is 0 Å². The molecule has 1 aromatic heterocycles. The molecule has 1 aromatic rings. The van der Waals surface area contributed by atoms with Crippen LogP contribution in [-0.4, -0.2) is 16.9 Å². The number of pyridine rings is 1. The van der Waals surface area contributed by atoms with Gasteiger partial charge in [0.2, 0.25) is 5.56 Å². The number of amides is 1. The van der Waals surface area contributed by atoms with Gasteiger partial charge in [0.25, 0.3) is 5.91 Å². The molecule has 0 aromatic carbocycles. The van der Waals surface area contributed by atoms with E-state index < -0.39 is 0 Å². The highest BCUT2D eigenvalue weighted by Crippen LogP contribution is 2.23. The maximum Gasteiger partial charge on any atom is 0.251 e. The van der Waals surface area contributed by atoms with Crippen LogP contribution in [0.2, 0.25) is 0 Å². The predicted molar refractivity (Wildman–Crippen MR) is 65.9 cm³/mol. The molecule has 0 spiro atoms. The molecule has 4 nitrogen and oxygen atoms in total. The van der Waals surface area contributed by atoms with Crippen molar-refractivity contribution in [3.05, 3.63) is 34.2 Å². The molecule has 2 atom stereocenters. The van der Waals surface area contributed by atoms with E-state index in [-0.39, 0.29) is 17.5 Å². The Kier molecular flexibility index (Phi) is 3.61. The fraction of sp³-hybridized carbons (Fsp3) is 0.538. The average Bonchev–Trinajstić information content (AvgIpc) is 2.32. The number of aromatic amines is 1. The molecule has 0 aliphatic heterocycles. The van der Waals surface area contributed by atoms with E-state index in [1.54, 1.807) is 6.07 Å². The number of aromatic nitrogens is 1. The summed E-state index contributed by atoms with van der Waals surface area (Å²) < 4.78 is 0. The lowest BCUT2D eigenvalue weighted by Gasteiger charge is -2.29. The zero-order valence-corrected chi connectivity index (χ0v) is 10.0. The van der Waals surface area contributed by atoms with Crippen LogP contribution in [0.4, 0.5) is 0 Å². The van der Waals surface area contributed by atoms with Crippen LogP contribution in [0.15, 0.2) is 23.1 Å². The third-order valence-corrected chi connectivity index (χ3v) is 3.47. The van der Waals surface area contributed by atoms with Crippen LogP contribution in [0.5, 0.6) is 0 Å². The zero-order valence-electron chi connectivity index (χ0n) is 10.0. The molecule has 2 rings (SSSR count). The van der Waals surface area contributed by atoms with E-state index >= 15 is 0 Å². The van der Waals surface area contributed by atoms with Gasteiger partial charge in [0.05, 0.1) is 0 Å². The highest BCUT2D eigenvalue weighted by molar-refractivity contribution is 5.94. The Bertz CT molecular complexity index is 453. The van der Waals surface area contributed by atoms with Gasteiger partial charge in [-0.3, -0.25) is 9.59 Å². The fourth-order valence-corrected chi connectivity index (χ4v) is 2.37. The van der Waals surface area contributed by atoms with Gasteiger partial charge < -0.3 is 10.3 Å². The number of H-pyrrole nitrogens is 1. The number of rotatable bonds is 2. The highest BCUT2D eigenvalue weighted by Gasteiger charge is 2.23. The second-order valence-corrected chi connectivity index (χ2v) is 4.78. The van der Waals surface area contributed by atoms with Crippen LogP contribution in [0.25, 0.3) is 0 Å². The molecule has 1 aliphatic rings. The maximum absolute atomic E-state index is 11.9. The van der Waals surface area contributed by atoms with Crippen molar-refractivity contribution in [2.75, 3.05) is 0 Å². The molecule has 1 amide bonds. The van der Waals surface area contributed by atoms with Crippen LogP contribution in [0.1, 0.15) is 43.0 Å². The standard InChI is InChI=1S/C13H18N2O2/c1-9-4-2-3-5-11(9)15-13(17)10-6-7-14-12(16)8-10/h6-9,11H,2-5H2,1H3,(H,14,16)(H,15,17). The molecule has 17 heavy (non-hydrogen) atoms. The summed E-state index contributed by atoms with van der Waals surface area (Å²) in [5.74, 6) is 0.379. The smallest absolute Gasteiger partial charge is 0.251 e. The summed E-state index contributed by atoms with van der Waals surface area (Å²) in [5, 5.41) is 3.02. The quantitative estimate of drug-likeness (QED) is 0.818.